The molecule has 4 rings (SSSR count). The second kappa shape index (κ2) is 7.78. The van der Waals surface area contributed by atoms with E-state index in [9.17, 15) is 30.0 Å². The largest absolute Gasteiger partial charge is 0.462 e. The van der Waals surface area contributed by atoms with Crippen LogP contribution in [0, 0.1) is 0 Å². The molecule has 0 amide bonds. The Morgan fingerprint density at radius 2 is 1.77 bits per heavy atom. The number of ether oxygens (including phenoxy) is 2. The minimum Gasteiger partial charge on any atom is -0.462 e. The van der Waals surface area contributed by atoms with E-state index < -0.39 is 42.9 Å². The number of ketones is 1. The Morgan fingerprint density at radius 3 is 2.43 bits per heavy atom. The first-order chi connectivity index (χ1) is 14.3. The first-order valence-corrected chi connectivity index (χ1v) is 9.29. The molecule has 1 saturated heterocycles. The molecule has 5 atom stereocenters. The van der Waals surface area contributed by atoms with Crippen LogP contribution >= 0.6 is 0 Å². The molecule has 4 N–H and O–H groups in total. The third-order valence-electron chi connectivity index (χ3n) is 5.17. The Balaban J connectivity index is 1.82. The SMILES string of the molecule is CC(=O)c1cc(O[C@@H]2O[C@H](CO)[C@@H](O)[C@H](O)[C@H]2O)cc2oc(=O)c3ccccc3c12. The Hall–Kier alpha value is -2.82. The lowest BCUT2D eigenvalue weighted by atomic mass is 9.99. The summed E-state index contributed by atoms with van der Waals surface area (Å²) in [5.74, 6) is -0.270. The lowest BCUT2D eigenvalue weighted by molar-refractivity contribution is -0.277. The maximum absolute atomic E-state index is 12.3. The molecule has 2 aromatic carbocycles. The van der Waals surface area contributed by atoms with Crippen molar-refractivity contribution < 1.29 is 39.1 Å². The number of aliphatic hydroxyl groups is 4. The van der Waals surface area contributed by atoms with Crippen molar-refractivity contribution in [2.45, 2.75) is 37.6 Å². The molecule has 9 nitrogen and oxygen atoms in total. The van der Waals surface area contributed by atoms with E-state index in [1.54, 1.807) is 24.3 Å². The number of carbonyl (C=O) groups excluding carboxylic acids is 1. The molecular weight excluding hydrogens is 396 g/mol. The van der Waals surface area contributed by atoms with Gasteiger partial charge in [0.25, 0.3) is 0 Å². The summed E-state index contributed by atoms with van der Waals surface area (Å²) in [5, 5.41) is 40.6. The van der Waals surface area contributed by atoms with Crippen molar-refractivity contribution in [3.8, 4) is 5.75 Å². The van der Waals surface area contributed by atoms with Crippen LogP contribution < -0.4 is 10.4 Å². The highest BCUT2D eigenvalue weighted by Gasteiger charge is 2.44. The van der Waals surface area contributed by atoms with Gasteiger partial charge in [-0.1, -0.05) is 18.2 Å². The molecule has 1 aromatic heterocycles. The fraction of sp³-hybridized carbons (Fsp3) is 0.333. The standard InChI is InChI=1S/C21H20O9/c1-9(23)13-6-10(28-21-19(26)18(25)17(24)15(8-22)30-21)7-14-16(13)11-4-2-3-5-12(11)20(27)29-14/h2-7,15,17-19,21-22,24-26H,8H2,1H3/t15-,17-,18+,19-,21-/m1/s1. The zero-order valence-corrected chi connectivity index (χ0v) is 15.9. The topological polar surface area (TPSA) is 147 Å². The van der Waals surface area contributed by atoms with Gasteiger partial charge in [-0.3, -0.25) is 4.79 Å². The molecule has 158 valence electrons. The van der Waals surface area contributed by atoms with Crippen LogP contribution in [0.3, 0.4) is 0 Å². The van der Waals surface area contributed by atoms with E-state index in [2.05, 4.69) is 0 Å². The zero-order valence-electron chi connectivity index (χ0n) is 15.9. The van der Waals surface area contributed by atoms with Crippen molar-refractivity contribution in [2.75, 3.05) is 6.61 Å². The zero-order chi connectivity index (χ0) is 21.6. The van der Waals surface area contributed by atoms with Gasteiger partial charge in [-0.2, -0.15) is 0 Å². The van der Waals surface area contributed by atoms with Gasteiger partial charge in [0, 0.05) is 22.4 Å². The second-order valence-corrected chi connectivity index (χ2v) is 7.15. The van der Waals surface area contributed by atoms with E-state index in [0.717, 1.165) is 0 Å². The molecular formula is C21H20O9. The van der Waals surface area contributed by atoms with Crippen molar-refractivity contribution >= 4 is 27.5 Å². The summed E-state index contributed by atoms with van der Waals surface area (Å²) in [5.41, 5.74) is -0.254. The van der Waals surface area contributed by atoms with Crippen LogP contribution in [-0.4, -0.2) is 63.5 Å². The van der Waals surface area contributed by atoms with Crippen LogP contribution in [0.5, 0.6) is 5.75 Å². The monoisotopic (exact) mass is 416 g/mol. The molecule has 1 aliphatic heterocycles. The van der Waals surface area contributed by atoms with Crippen LogP contribution in [0.25, 0.3) is 21.7 Å². The summed E-state index contributed by atoms with van der Waals surface area (Å²) >= 11 is 0. The number of Topliss-reactive ketones (excluding diaryl/α,β-unsaturated/α-hetero) is 1. The maximum Gasteiger partial charge on any atom is 0.344 e. The number of hydrogen-bond donors (Lipinski definition) is 4. The summed E-state index contributed by atoms with van der Waals surface area (Å²) in [6.45, 7) is 0.744. The molecule has 1 fully saturated rings. The van der Waals surface area contributed by atoms with Crippen molar-refractivity contribution in [1.82, 2.24) is 0 Å². The van der Waals surface area contributed by atoms with Gasteiger partial charge < -0.3 is 34.3 Å². The third-order valence-corrected chi connectivity index (χ3v) is 5.17. The molecule has 3 aromatic rings. The van der Waals surface area contributed by atoms with Gasteiger partial charge in [0.15, 0.2) is 5.78 Å². The molecule has 2 heterocycles. The number of aliphatic hydroxyl groups excluding tert-OH is 4. The summed E-state index contributed by atoms with van der Waals surface area (Å²) < 4.78 is 16.3. The summed E-state index contributed by atoms with van der Waals surface area (Å²) in [7, 11) is 0. The number of fused-ring (bicyclic) bond motifs is 3. The van der Waals surface area contributed by atoms with E-state index in [4.69, 9.17) is 13.9 Å². The average Bonchev–Trinajstić information content (AvgIpc) is 2.73. The number of benzene rings is 2. The van der Waals surface area contributed by atoms with Gasteiger partial charge in [0.2, 0.25) is 6.29 Å². The van der Waals surface area contributed by atoms with E-state index in [0.29, 0.717) is 16.2 Å². The Morgan fingerprint density at radius 1 is 1.07 bits per heavy atom. The first kappa shape index (κ1) is 20.5. The number of rotatable bonds is 4. The molecule has 0 spiro atoms. The smallest absolute Gasteiger partial charge is 0.344 e. The molecule has 0 bridgehead atoms. The second-order valence-electron chi connectivity index (χ2n) is 7.15. The maximum atomic E-state index is 12.3. The summed E-state index contributed by atoms with van der Waals surface area (Å²) in [6.07, 6.45) is -7.36. The van der Waals surface area contributed by atoms with Gasteiger partial charge in [-0.05, 0) is 19.1 Å². The molecule has 30 heavy (non-hydrogen) atoms. The third kappa shape index (κ3) is 3.36. The van der Waals surface area contributed by atoms with Gasteiger partial charge in [-0.25, -0.2) is 4.79 Å². The predicted molar refractivity (Wildman–Crippen MR) is 104 cm³/mol. The van der Waals surface area contributed by atoms with E-state index >= 15 is 0 Å². The van der Waals surface area contributed by atoms with Gasteiger partial charge >= 0.3 is 5.63 Å². The Labute approximate surface area is 169 Å². The minimum atomic E-state index is -1.62. The fourth-order valence-electron chi connectivity index (χ4n) is 3.63. The molecule has 0 aliphatic carbocycles. The molecule has 0 radical (unpaired) electrons. The van der Waals surface area contributed by atoms with E-state index in [1.807, 2.05) is 0 Å². The van der Waals surface area contributed by atoms with Crippen molar-refractivity contribution in [3.05, 3.63) is 52.4 Å². The normalized spacial score (nSPS) is 26.8. The van der Waals surface area contributed by atoms with Gasteiger partial charge in [-0.15, -0.1) is 0 Å². The van der Waals surface area contributed by atoms with Crippen molar-refractivity contribution in [2.24, 2.45) is 0 Å². The van der Waals surface area contributed by atoms with Crippen molar-refractivity contribution in [3.63, 3.8) is 0 Å². The lowest BCUT2D eigenvalue weighted by Gasteiger charge is -2.39. The van der Waals surface area contributed by atoms with Crippen LogP contribution in [0.15, 0.2) is 45.6 Å². The van der Waals surface area contributed by atoms with Crippen LogP contribution in [0.4, 0.5) is 0 Å². The van der Waals surface area contributed by atoms with Crippen LogP contribution in [0.2, 0.25) is 0 Å². The highest BCUT2D eigenvalue weighted by atomic mass is 16.7. The highest BCUT2D eigenvalue weighted by molar-refractivity contribution is 6.16. The van der Waals surface area contributed by atoms with Crippen molar-refractivity contribution in [1.29, 1.82) is 0 Å². The predicted octanol–water partition coefficient (Wildman–Crippen LogP) is 0.327. The van der Waals surface area contributed by atoms with Gasteiger partial charge in [0.05, 0.1) is 12.0 Å². The molecule has 9 heteroatoms. The lowest BCUT2D eigenvalue weighted by Crippen LogP contribution is -2.60. The molecule has 0 saturated carbocycles. The minimum absolute atomic E-state index is 0.0375. The quantitative estimate of drug-likeness (QED) is 0.268. The molecule has 1 aliphatic rings. The summed E-state index contributed by atoms with van der Waals surface area (Å²) in [6, 6.07) is 9.52. The highest BCUT2D eigenvalue weighted by Crippen LogP contribution is 2.32. The average molecular weight is 416 g/mol. The first-order valence-electron chi connectivity index (χ1n) is 9.29. The van der Waals surface area contributed by atoms with E-state index in [1.165, 1.54) is 19.1 Å². The Bertz CT molecular complexity index is 1170. The van der Waals surface area contributed by atoms with Crippen LogP contribution in [-0.2, 0) is 4.74 Å². The fourth-order valence-corrected chi connectivity index (χ4v) is 3.63. The number of hydrogen-bond acceptors (Lipinski definition) is 9. The van der Waals surface area contributed by atoms with Crippen LogP contribution in [0.1, 0.15) is 17.3 Å². The van der Waals surface area contributed by atoms with E-state index in [-0.39, 0.29) is 22.7 Å². The Kier molecular flexibility index (Phi) is 5.31. The molecule has 0 unspecified atom stereocenters. The number of carbonyl (C=O) groups is 1. The summed E-state index contributed by atoms with van der Waals surface area (Å²) in [4.78, 5) is 24.7. The van der Waals surface area contributed by atoms with Gasteiger partial charge in [0.1, 0.15) is 35.7 Å².